The van der Waals surface area contributed by atoms with Crippen molar-refractivity contribution in [1.82, 2.24) is 0 Å². The van der Waals surface area contributed by atoms with Gasteiger partial charge in [-0.25, -0.2) is 4.90 Å². The molecule has 0 saturated carbocycles. The topological polar surface area (TPSA) is 54.5 Å². The maximum atomic E-state index is 12.4. The van der Waals surface area contributed by atoms with Gasteiger partial charge < -0.3 is 0 Å². The predicted molar refractivity (Wildman–Crippen MR) is 82.4 cm³/mol. The van der Waals surface area contributed by atoms with Gasteiger partial charge in [0.2, 0.25) is 5.91 Å². The Morgan fingerprint density at radius 2 is 1.50 bits per heavy atom. The molecule has 1 saturated heterocycles. The average molecular weight is 291 g/mol. The van der Waals surface area contributed by atoms with Crippen LogP contribution < -0.4 is 4.90 Å². The van der Waals surface area contributed by atoms with Crippen molar-refractivity contribution in [3.8, 4) is 0 Å². The fourth-order valence-corrected chi connectivity index (χ4v) is 2.37. The number of hydrogen-bond donors (Lipinski definition) is 0. The number of carbonyl (C=O) groups is 3. The molecule has 1 aliphatic heterocycles. The van der Waals surface area contributed by atoms with Crippen LogP contribution in [-0.4, -0.2) is 17.6 Å². The normalized spacial score (nSPS) is 16.4. The van der Waals surface area contributed by atoms with Crippen LogP contribution in [0, 0.1) is 0 Å². The summed E-state index contributed by atoms with van der Waals surface area (Å²) in [5.74, 6) is -1.02. The largest absolute Gasteiger partial charge is 0.289 e. The van der Waals surface area contributed by atoms with E-state index in [2.05, 4.69) is 0 Å². The van der Waals surface area contributed by atoms with E-state index in [0.717, 1.165) is 4.90 Å². The number of anilines is 1. The van der Waals surface area contributed by atoms with Crippen molar-refractivity contribution in [1.29, 1.82) is 0 Å². The average Bonchev–Trinajstić information content (AvgIpc) is 2.83. The number of carbonyl (C=O) groups excluding carboxylic acids is 3. The molecule has 1 fully saturated rings. The highest BCUT2D eigenvalue weighted by Crippen LogP contribution is 2.26. The molecule has 2 amide bonds. The zero-order valence-electron chi connectivity index (χ0n) is 11.7. The minimum absolute atomic E-state index is 0.0493. The van der Waals surface area contributed by atoms with E-state index in [1.54, 1.807) is 48.5 Å². The number of rotatable bonds is 3. The highest BCUT2D eigenvalue weighted by molar-refractivity contribution is 6.29. The molecule has 0 radical (unpaired) electrons. The Hall–Kier alpha value is -3.01. The number of benzene rings is 2. The lowest BCUT2D eigenvalue weighted by molar-refractivity contribution is -0.120. The molecule has 4 nitrogen and oxygen atoms in total. The molecular weight excluding hydrogens is 278 g/mol. The third-order valence-electron chi connectivity index (χ3n) is 3.45. The van der Waals surface area contributed by atoms with Gasteiger partial charge in [0.05, 0.1) is 12.1 Å². The van der Waals surface area contributed by atoms with Crippen molar-refractivity contribution in [2.24, 2.45) is 0 Å². The van der Waals surface area contributed by atoms with Gasteiger partial charge in [-0.3, -0.25) is 14.4 Å². The second kappa shape index (κ2) is 5.77. The van der Waals surface area contributed by atoms with Gasteiger partial charge >= 0.3 is 0 Å². The van der Waals surface area contributed by atoms with Gasteiger partial charge in [-0.1, -0.05) is 48.5 Å². The lowest BCUT2D eigenvalue weighted by atomic mass is 10.1. The summed E-state index contributed by atoms with van der Waals surface area (Å²) < 4.78 is 0. The Labute approximate surface area is 127 Å². The summed E-state index contributed by atoms with van der Waals surface area (Å²) in [4.78, 5) is 37.7. The van der Waals surface area contributed by atoms with Crippen LogP contribution in [0.25, 0.3) is 0 Å². The Morgan fingerprint density at radius 1 is 0.909 bits per heavy atom. The molecular formula is C18H13NO3. The van der Waals surface area contributed by atoms with E-state index in [4.69, 9.17) is 0 Å². The number of allylic oxidation sites excluding steroid dienone is 1. The van der Waals surface area contributed by atoms with Crippen molar-refractivity contribution >= 4 is 23.3 Å². The molecule has 22 heavy (non-hydrogen) atoms. The molecule has 1 aliphatic rings. The standard InChI is InChI=1S/C18H13NO3/c20-16(13-7-3-1-4-8-13)11-14-12-17(21)19(18(14)22)15-9-5-2-6-10-15/h1-11H,12H2/b14-11+. The molecule has 3 rings (SSSR count). The lowest BCUT2D eigenvalue weighted by Crippen LogP contribution is -2.28. The summed E-state index contributed by atoms with van der Waals surface area (Å²) in [6.45, 7) is 0. The Bertz CT molecular complexity index is 763. The van der Waals surface area contributed by atoms with Crippen molar-refractivity contribution in [3.05, 3.63) is 77.9 Å². The van der Waals surface area contributed by atoms with Crippen LogP contribution in [-0.2, 0) is 9.59 Å². The van der Waals surface area contributed by atoms with Crippen LogP contribution in [0.4, 0.5) is 5.69 Å². The Morgan fingerprint density at radius 3 is 2.14 bits per heavy atom. The third kappa shape index (κ3) is 2.59. The molecule has 0 spiro atoms. The molecule has 0 aromatic heterocycles. The molecule has 1 heterocycles. The molecule has 108 valence electrons. The number of para-hydroxylation sites is 1. The van der Waals surface area contributed by atoms with Crippen molar-refractivity contribution in [2.45, 2.75) is 6.42 Å². The van der Waals surface area contributed by atoms with E-state index in [-0.39, 0.29) is 23.7 Å². The van der Waals surface area contributed by atoms with Crippen LogP contribution >= 0.6 is 0 Å². The SMILES string of the molecule is O=C(/C=C1\CC(=O)N(c2ccccc2)C1=O)c1ccccc1. The second-order valence-corrected chi connectivity index (χ2v) is 4.95. The summed E-state index contributed by atoms with van der Waals surface area (Å²) in [5.41, 5.74) is 1.24. The van der Waals surface area contributed by atoms with Gasteiger partial charge in [0.1, 0.15) is 0 Å². The van der Waals surface area contributed by atoms with E-state index < -0.39 is 5.91 Å². The van der Waals surface area contributed by atoms with Crippen LogP contribution in [0.3, 0.4) is 0 Å². The summed E-state index contributed by atoms with van der Waals surface area (Å²) in [5, 5.41) is 0. The Kier molecular flexibility index (Phi) is 3.66. The minimum atomic E-state index is -0.430. The van der Waals surface area contributed by atoms with Crippen LogP contribution in [0.15, 0.2) is 72.3 Å². The first kappa shape index (κ1) is 13.9. The number of hydrogen-bond acceptors (Lipinski definition) is 3. The monoisotopic (exact) mass is 291 g/mol. The highest BCUT2D eigenvalue weighted by atomic mass is 16.2. The predicted octanol–water partition coefficient (Wildman–Crippen LogP) is 2.76. The van der Waals surface area contributed by atoms with Crippen LogP contribution in [0.2, 0.25) is 0 Å². The van der Waals surface area contributed by atoms with Crippen molar-refractivity contribution < 1.29 is 14.4 Å². The number of imide groups is 1. The van der Waals surface area contributed by atoms with Crippen molar-refractivity contribution in [3.63, 3.8) is 0 Å². The summed E-state index contributed by atoms with van der Waals surface area (Å²) in [6.07, 6.45) is 1.21. The van der Waals surface area contributed by atoms with E-state index >= 15 is 0 Å². The number of nitrogens with zero attached hydrogens (tertiary/aromatic N) is 1. The van der Waals surface area contributed by atoms with E-state index in [1.807, 2.05) is 12.1 Å². The van der Waals surface area contributed by atoms with Gasteiger partial charge in [0.15, 0.2) is 5.78 Å². The molecule has 0 atom stereocenters. The van der Waals surface area contributed by atoms with Gasteiger partial charge in [-0.2, -0.15) is 0 Å². The van der Waals surface area contributed by atoms with Gasteiger partial charge in [-0.15, -0.1) is 0 Å². The fraction of sp³-hybridized carbons (Fsp3) is 0.0556. The number of amides is 2. The lowest BCUT2D eigenvalue weighted by Gasteiger charge is -2.12. The van der Waals surface area contributed by atoms with E-state index in [9.17, 15) is 14.4 Å². The van der Waals surface area contributed by atoms with Crippen molar-refractivity contribution in [2.75, 3.05) is 4.90 Å². The molecule has 0 bridgehead atoms. The highest BCUT2D eigenvalue weighted by Gasteiger charge is 2.35. The third-order valence-corrected chi connectivity index (χ3v) is 3.45. The quantitative estimate of drug-likeness (QED) is 0.496. The smallest absolute Gasteiger partial charge is 0.261 e. The summed E-state index contributed by atoms with van der Waals surface area (Å²) >= 11 is 0. The molecule has 0 unspecified atom stereocenters. The first-order chi connectivity index (χ1) is 10.7. The molecule has 0 aliphatic carbocycles. The second-order valence-electron chi connectivity index (χ2n) is 4.95. The zero-order valence-corrected chi connectivity index (χ0v) is 11.7. The zero-order chi connectivity index (χ0) is 15.5. The molecule has 4 heteroatoms. The maximum absolute atomic E-state index is 12.4. The van der Waals surface area contributed by atoms with Crippen LogP contribution in [0.1, 0.15) is 16.8 Å². The van der Waals surface area contributed by atoms with E-state index in [0.29, 0.717) is 11.3 Å². The summed E-state index contributed by atoms with van der Waals surface area (Å²) in [6, 6.07) is 17.4. The van der Waals surface area contributed by atoms with Gasteiger partial charge in [0.25, 0.3) is 5.91 Å². The molecule has 2 aromatic carbocycles. The van der Waals surface area contributed by atoms with Crippen LogP contribution in [0.5, 0.6) is 0 Å². The minimum Gasteiger partial charge on any atom is -0.289 e. The van der Waals surface area contributed by atoms with E-state index in [1.165, 1.54) is 6.08 Å². The van der Waals surface area contributed by atoms with Gasteiger partial charge in [-0.05, 0) is 18.2 Å². The molecule has 2 aromatic rings. The van der Waals surface area contributed by atoms with Gasteiger partial charge in [0, 0.05) is 11.1 Å². The fourth-order valence-electron chi connectivity index (χ4n) is 2.37. The first-order valence-corrected chi connectivity index (χ1v) is 6.89. The maximum Gasteiger partial charge on any atom is 0.261 e. The molecule has 0 N–H and O–H groups in total. The Balaban J connectivity index is 1.88. The number of ketones is 1. The first-order valence-electron chi connectivity index (χ1n) is 6.89. The summed E-state index contributed by atoms with van der Waals surface area (Å²) in [7, 11) is 0.